The first-order chi connectivity index (χ1) is 11.3. The van der Waals surface area contributed by atoms with Crippen molar-refractivity contribution in [3.8, 4) is 5.75 Å². The molecule has 1 unspecified atom stereocenters. The number of rotatable bonds is 1. The van der Waals surface area contributed by atoms with Crippen LogP contribution < -0.4 is 5.56 Å². The average Bonchev–Trinajstić information content (AvgIpc) is 2.55. The van der Waals surface area contributed by atoms with Crippen LogP contribution in [0.25, 0.3) is 5.65 Å². The Hall–Kier alpha value is -2.62. The van der Waals surface area contributed by atoms with E-state index in [1.807, 2.05) is 0 Å². The number of amides is 1. The number of aromatic hydroxyl groups is 1. The predicted molar refractivity (Wildman–Crippen MR) is 74.8 cm³/mol. The van der Waals surface area contributed by atoms with E-state index in [-0.39, 0.29) is 30.1 Å². The lowest BCUT2D eigenvalue weighted by atomic mass is 10.2. The second-order valence-electron chi connectivity index (χ2n) is 5.22. The summed E-state index contributed by atoms with van der Waals surface area (Å²) in [6.45, 7) is -1.03. The Morgan fingerprint density at radius 1 is 1.42 bits per heavy atom. The molecule has 7 nitrogen and oxygen atoms in total. The van der Waals surface area contributed by atoms with Gasteiger partial charge >= 0.3 is 6.18 Å². The maximum atomic E-state index is 12.7. The minimum atomic E-state index is -4.60. The lowest BCUT2D eigenvalue weighted by Gasteiger charge is -2.33. The Bertz CT molecular complexity index is 849. The van der Waals surface area contributed by atoms with Crippen molar-refractivity contribution in [2.75, 3.05) is 19.7 Å². The summed E-state index contributed by atoms with van der Waals surface area (Å²) < 4.78 is 43.8. The van der Waals surface area contributed by atoms with E-state index >= 15 is 0 Å². The molecular weight excluding hydrogens is 331 g/mol. The molecule has 3 rings (SSSR count). The number of hydrogen-bond donors (Lipinski definition) is 1. The minimum absolute atomic E-state index is 0.0470. The highest BCUT2D eigenvalue weighted by molar-refractivity contribution is 5.94. The van der Waals surface area contributed by atoms with Crippen LogP contribution in [0.1, 0.15) is 10.4 Å². The Morgan fingerprint density at radius 2 is 2.17 bits per heavy atom. The van der Waals surface area contributed by atoms with Crippen LogP contribution in [-0.2, 0) is 4.74 Å². The molecule has 1 fully saturated rings. The number of carbonyl (C=O) groups is 1. The zero-order valence-corrected chi connectivity index (χ0v) is 12.2. The lowest BCUT2D eigenvalue weighted by Crippen LogP contribution is -2.51. The molecule has 0 radical (unpaired) electrons. The van der Waals surface area contributed by atoms with Gasteiger partial charge in [0.1, 0.15) is 5.56 Å². The van der Waals surface area contributed by atoms with Crippen molar-refractivity contribution in [1.82, 2.24) is 14.3 Å². The number of aromatic nitrogens is 2. The van der Waals surface area contributed by atoms with E-state index in [1.54, 1.807) is 0 Å². The largest absolute Gasteiger partial charge is 0.504 e. The van der Waals surface area contributed by atoms with Gasteiger partial charge in [-0.25, -0.2) is 4.98 Å². The van der Waals surface area contributed by atoms with E-state index in [4.69, 9.17) is 0 Å². The molecule has 10 heteroatoms. The van der Waals surface area contributed by atoms with Gasteiger partial charge in [0, 0.05) is 18.9 Å². The summed E-state index contributed by atoms with van der Waals surface area (Å²) in [7, 11) is 0. The highest BCUT2D eigenvalue weighted by atomic mass is 19.4. The normalized spacial score (nSPS) is 18.8. The van der Waals surface area contributed by atoms with Crippen LogP contribution in [0.3, 0.4) is 0 Å². The number of hydrogen-bond acceptors (Lipinski definition) is 5. The second kappa shape index (κ2) is 5.78. The fourth-order valence-electron chi connectivity index (χ4n) is 2.44. The third kappa shape index (κ3) is 2.80. The molecule has 0 aromatic carbocycles. The Morgan fingerprint density at radius 3 is 2.88 bits per heavy atom. The number of fused-ring (bicyclic) bond motifs is 1. The van der Waals surface area contributed by atoms with Crippen LogP contribution >= 0.6 is 0 Å². The first-order valence-corrected chi connectivity index (χ1v) is 6.96. The SMILES string of the molecule is O=C(c1cnc2c(O)cccn2c1=O)N1CCOC(C(F)(F)F)C1. The molecule has 1 amide bonds. The van der Waals surface area contributed by atoms with Crippen molar-refractivity contribution in [2.24, 2.45) is 0 Å². The zero-order chi connectivity index (χ0) is 17.5. The monoisotopic (exact) mass is 343 g/mol. The summed E-state index contributed by atoms with van der Waals surface area (Å²) >= 11 is 0. The molecule has 1 saturated heterocycles. The summed E-state index contributed by atoms with van der Waals surface area (Å²) in [4.78, 5) is 29.5. The van der Waals surface area contributed by atoms with Gasteiger partial charge in [-0.2, -0.15) is 13.2 Å². The Balaban J connectivity index is 1.94. The first kappa shape index (κ1) is 16.2. The standard InChI is InChI=1S/C14H12F3N3O4/c15-14(16,17)10-7-19(4-5-24-10)12(22)8-6-18-11-9(21)2-1-3-20(11)13(8)23/h1-3,6,10,21H,4-5,7H2. The molecule has 24 heavy (non-hydrogen) atoms. The molecule has 0 spiro atoms. The maximum Gasteiger partial charge on any atom is 0.416 e. The molecule has 2 aromatic heterocycles. The molecule has 3 heterocycles. The highest BCUT2D eigenvalue weighted by Crippen LogP contribution is 2.26. The van der Waals surface area contributed by atoms with Crippen LogP contribution in [-0.4, -0.2) is 57.3 Å². The number of morpholine rings is 1. The number of nitrogens with zero attached hydrogens (tertiary/aromatic N) is 3. The van der Waals surface area contributed by atoms with Crippen LogP contribution in [0.4, 0.5) is 13.2 Å². The number of pyridine rings is 1. The third-order valence-corrected chi connectivity index (χ3v) is 3.66. The Labute approximate surface area is 132 Å². The van der Waals surface area contributed by atoms with Crippen molar-refractivity contribution in [1.29, 1.82) is 0 Å². The lowest BCUT2D eigenvalue weighted by molar-refractivity contribution is -0.233. The number of carbonyl (C=O) groups excluding carboxylic acids is 1. The molecule has 1 aliphatic rings. The smallest absolute Gasteiger partial charge is 0.416 e. The molecule has 128 valence electrons. The first-order valence-electron chi connectivity index (χ1n) is 6.96. The van der Waals surface area contributed by atoms with Gasteiger partial charge in [0.25, 0.3) is 11.5 Å². The predicted octanol–water partition coefficient (Wildman–Crippen LogP) is 0.803. The fraction of sp³-hybridized carbons (Fsp3) is 0.357. The van der Waals surface area contributed by atoms with Gasteiger partial charge < -0.3 is 14.7 Å². The topological polar surface area (TPSA) is 84.1 Å². The van der Waals surface area contributed by atoms with Crippen LogP contribution in [0.15, 0.2) is 29.3 Å². The van der Waals surface area contributed by atoms with Gasteiger partial charge in [0.15, 0.2) is 17.5 Å². The van der Waals surface area contributed by atoms with Gasteiger partial charge in [-0.05, 0) is 12.1 Å². The van der Waals surface area contributed by atoms with E-state index in [2.05, 4.69) is 9.72 Å². The van der Waals surface area contributed by atoms with Crippen molar-refractivity contribution in [2.45, 2.75) is 12.3 Å². The summed E-state index contributed by atoms with van der Waals surface area (Å²) in [5.41, 5.74) is -1.19. The number of ether oxygens (including phenoxy) is 1. The second-order valence-corrected chi connectivity index (χ2v) is 5.22. The molecule has 0 saturated carbocycles. The van der Waals surface area contributed by atoms with Crippen molar-refractivity contribution >= 4 is 11.6 Å². The van der Waals surface area contributed by atoms with Crippen molar-refractivity contribution in [3.05, 3.63) is 40.4 Å². The summed E-state index contributed by atoms with van der Waals surface area (Å²) in [6, 6.07) is 2.70. The van der Waals surface area contributed by atoms with Crippen molar-refractivity contribution < 1.29 is 27.8 Å². The number of halogens is 3. The minimum Gasteiger partial charge on any atom is -0.504 e. The van der Waals surface area contributed by atoms with E-state index in [9.17, 15) is 27.9 Å². The van der Waals surface area contributed by atoms with Gasteiger partial charge in [-0.3, -0.25) is 14.0 Å². The molecule has 1 N–H and O–H groups in total. The Kier molecular flexibility index (Phi) is 3.91. The van der Waals surface area contributed by atoms with Gasteiger partial charge in [0.2, 0.25) is 0 Å². The van der Waals surface area contributed by atoms with E-state index in [0.717, 1.165) is 15.5 Å². The van der Waals surface area contributed by atoms with E-state index in [0.29, 0.717) is 0 Å². The molecular formula is C14H12F3N3O4. The quantitative estimate of drug-likeness (QED) is 0.828. The zero-order valence-electron chi connectivity index (χ0n) is 12.2. The highest BCUT2D eigenvalue weighted by Gasteiger charge is 2.44. The third-order valence-electron chi connectivity index (χ3n) is 3.66. The fourth-order valence-corrected chi connectivity index (χ4v) is 2.44. The van der Waals surface area contributed by atoms with Gasteiger partial charge in [-0.1, -0.05) is 0 Å². The van der Waals surface area contributed by atoms with E-state index < -0.39 is 30.3 Å². The molecule has 1 aliphatic heterocycles. The van der Waals surface area contributed by atoms with Crippen LogP contribution in [0.2, 0.25) is 0 Å². The van der Waals surface area contributed by atoms with Crippen molar-refractivity contribution in [3.63, 3.8) is 0 Å². The average molecular weight is 343 g/mol. The van der Waals surface area contributed by atoms with Gasteiger partial charge in [0.05, 0.1) is 13.2 Å². The molecule has 2 aromatic rings. The van der Waals surface area contributed by atoms with Gasteiger partial charge in [-0.15, -0.1) is 0 Å². The molecule has 0 aliphatic carbocycles. The summed E-state index contributed by atoms with van der Waals surface area (Å²) in [6.07, 6.45) is -4.42. The van der Waals surface area contributed by atoms with Crippen LogP contribution in [0, 0.1) is 0 Å². The number of alkyl halides is 3. The summed E-state index contributed by atoms with van der Waals surface area (Å²) in [5, 5.41) is 9.64. The van der Waals surface area contributed by atoms with E-state index in [1.165, 1.54) is 18.3 Å². The van der Waals surface area contributed by atoms with Crippen LogP contribution in [0.5, 0.6) is 5.75 Å². The molecule has 0 bridgehead atoms. The maximum absolute atomic E-state index is 12.7. The molecule has 1 atom stereocenters. The summed E-state index contributed by atoms with van der Waals surface area (Å²) in [5.74, 6) is -1.11.